The molecule has 0 bridgehead atoms. The molecule has 1 aromatic rings. The summed E-state index contributed by atoms with van der Waals surface area (Å²) < 4.78 is 0. The number of hydrogen-bond acceptors (Lipinski definition) is 3. The van der Waals surface area contributed by atoms with E-state index in [0.29, 0.717) is 0 Å². The number of unbranched alkanes of at least 4 members (excludes halogenated alkanes) is 3. The molecule has 1 fully saturated rings. The third-order valence-electron chi connectivity index (χ3n) is 4.26. The first kappa shape index (κ1) is 15.0. The summed E-state index contributed by atoms with van der Waals surface area (Å²) in [5.41, 5.74) is 7.76. The Kier molecular flexibility index (Phi) is 5.83. The average molecular weight is 280 g/mol. The fourth-order valence-electron chi connectivity index (χ4n) is 2.96. The van der Waals surface area contributed by atoms with Crippen molar-refractivity contribution in [3.05, 3.63) is 16.1 Å². The Bertz CT molecular complexity index is 365. The Morgan fingerprint density at radius 1 is 1.16 bits per heavy atom. The zero-order valence-electron chi connectivity index (χ0n) is 12.3. The van der Waals surface area contributed by atoms with Crippen molar-refractivity contribution in [3.8, 4) is 0 Å². The highest BCUT2D eigenvalue weighted by atomic mass is 32.1. The maximum Gasteiger partial charge on any atom is 0.113 e. The first-order valence-corrected chi connectivity index (χ1v) is 8.86. The second-order valence-corrected chi connectivity index (χ2v) is 6.88. The quantitative estimate of drug-likeness (QED) is 0.602. The number of nitrogens with zero attached hydrogens (tertiary/aromatic N) is 1. The van der Waals surface area contributed by atoms with E-state index in [9.17, 15) is 0 Å². The number of nitrogens with two attached hydrogens (primary N) is 1. The molecule has 1 aliphatic rings. The molecule has 19 heavy (non-hydrogen) atoms. The van der Waals surface area contributed by atoms with Crippen molar-refractivity contribution in [2.45, 2.75) is 83.1 Å². The molecular weight excluding hydrogens is 252 g/mol. The second-order valence-electron chi connectivity index (χ2n) is 6.03. The van der Waals surface area contributed by atoms with Gasteiger partial charge in [-0.3, -0.25) is 0 Å². The van der Waals surface area contributed by atoms with Crippen LogP contribution in [-0.4, -0.2) is 4.98 Å². The third-order valence-corrected chi connectivity index (χ3v) is 5.37. The SMILES string of the molecule is CCCCCCc1csc(C2(N)CCCCCC2)n1. The van der Waals surface area contributed by atoms with Crippen molar-refractivity contribution in [2.75, 3.05) is 0 Å². The third kappa shape index (κ3) is 4.28. The Balaban J connectivity index is 1.91. The molecule has 0 unspecified atom stereocenters. The second kappa shape index (κ2) is 7.39. The lowest BCUT2D eigenvalue weighted by molar-refractivity contribution is 0.383. The first-order valence-electron chi connectivity index (χ1n) is 7.98. The van der Waals surface area contributed by atoms with E-state index in [2.05, 4.69) is 12.3 Å². The van der Waals surface area contributed by atoms with Crippen molar-refractivity contribution in [1.29, 1.82) is 0 Å². The molecule has 2 N–H and O–H groups in total. The zero-order chi connectivity index (χ0) is 13.6. The number of thiazole rings is 1. The highest BCUT2D eigenvalue weighted by molar-refractivity contribution is 7.09. The van der Waals surface area contributed by atoms with Crippen molar-refractivity contribution in [1.82, 2.24) is 4.98 Å². The van der Waals surface area contributed by atoms with Gasteiger partial charge in [0, 0.05) is 5.38 Å². The van der Waals surface area contributed by atoms with E-state index in [4.69, 9.17) is 10.7 Å². The van der Waals surface area contributed by atoms with Gasteiger partial charge < -0.3 is 5.73 Å². The molecule has 3 heteroatoms. The van der Waals surface area contributed by atoms with Gasteiger partial charge in [-0.2, -0.15) is 0 Å². The maximum atomic E-state index is 6.62. The fourth-order valence-corrected chi connectivity index (χ4v) is 3.98. The van der Waals surface area contributed by atoms with E-state index in [1.807, 2.05) is 0 Å². The normalized spacial score (nSPS) is 19.3. The number of aromatic nitrogens is 1. The van der Waals surface area contributed by atoms with Gasteiger partial charge in [0.05, 0.1) is 11.2 Å². The highest BCUT2D eigenvalue weighted by Crippen LogP contribution is 2.35. The van der Waals surface area contributed by atoms with Gasteiger partial charge in [0.25, 0.3) is 0 Å². The monoisotopic (exact) mass is 280 g/mol. The van der Waals surface area contributed by atoms with Gasteiger partial charge in [-0.1, -0.05) is 51.9 Å². The molecule has 0 aliphatic heterocycles. The molecule has 2 nitrogen and oxygen atoms in total. The summed E-state index contributed by atoms with van der Waals surface area (Å²) >= 11 is 1.79. The standard InChI is InChI=1S/C16H28N2S/c1-2-3-4-7-10-14-13-19-15(18-14)16(17)11-8-5-6-9-12-16/h13H,2-12,17H2,1H3. The maximum absolute atomic E-state index is 6.62. The van der Waals surface area contributed by atoms with E-state index in [0.717, 1.165) is 19.3 Å². The average Bonchev–Trinajstić information content (AvgIpc) is 2.78. The first-order chi connectivity index (χ1) is 9.24. The van der Waals surface area contributed by atoms with Crippen LogP contribution in [-0.2, 0) is 12.0 Å². The molecule has 1 saturated carbocycles. The highest BCUT2D eigenvalue weighted by Gasteiger charge is 2.31. The van der Waals surface area contributed by atoms with E-state index < -0.39 is 0 Å². The predicted molar refractivity (Wildman–Crippen MR) is 83.5 cm³/mol. The Morgan fingerprint density at radius 2 is 1.89 bits per heavy atom. The molecular formula is C16H28N2S. The Morgan fingerprint density at radius 3 is 2.58 bits per heavy atom. The summed E-state index contributed by atoms with van der Waals surface area (Å²) in [6, 6.07) is 0. The fraction of sp³-hybridized carbons (Fsp3) is 0.812. The molecule has 0 saturated heterocycles. The van der Waals surface area contributed by atoms with Crippen LogP contribution in [0.2, 0.25) is 0 Å². The predicted octanol–water partition coefficient (Wildman–Crippen LogP) is 4.77. The van der Waals surface area contributed by atoms with Gasteiger partial charge in [0.15, 0.2) is 0 Å². The van der Waals surface area contributed by atoms with Crippen molar-refractivity contribution >= 4 is 11.3 Å². The van der Waals surface area contributed by atoms with E-state index in [1.54, 1.807) is 11.3 Å². The van der Waals surface area contributed by atoms with E-state index in [-0.39, 0.29) is 5.54 Å². The minimum Gasteiger partial charge on any atom is -0.319 e. The lowest BCUT2D eigenvalue weighted by atomic mass is 9.92. The molecule has 2 rings (SSSR count). The molecule has 0 amide bonds. The summed E-state index contributed by atoms with van der Waals surface area (Å²) in [5.74, 6) is 0. The smallest absolute Gasteiger partial charge is 0.113 e. The molecule has 108 valence electrons. The van der Waals surface area contributed by atoms with Crippen molar-refractivity contribution in [3.63, 3.8) is 0 Å². The minimum atomic E-state index is -0.122. The molecule has 1 heterocycles. The summed E-state index contributed by atoms with van der Waals surface area (Å²) in [6.07, 6.45) is 13.8. The van der Waals surface area contributed by atoms with Crippen LogP contribution in [0.4, 0.5) is 0 Å². The molecule has 0 spiro atoms. The van der Waals surface area contributed by atoms with Gasteiger partial charge in [0.2, 0.25) is 0 Å². The van der Waals surface area contributed by atoms with Crippen LogP contribution >= 0.6 is 11.3 Å². The number of hydrogen-bond donors (Lipinski definition) is 1. The topological polar surface area (TPSA) is 38.9 Å². The Hall–Kier alpha value is -0.410. The van der Waals surface area contributed by atoms with Gasteiger partial charge in [-0.05, 0) is 25.7 Å². The van der Waals surface area contributed by atoms with Crippen LogP contribution in [0.3, 0.4) is 0 Å². The number of rotatable bonds is 6. The summed E-state index contributed by atoms with van der Waals surface area (Å²) in [4.78, 5) is 4.84. The van der Waals surface area contributed by atoms with Crippen LogP contribution in [0, 0.1) is 0 Å². The van der Waals surface area contributed by atoms with Crippen LogP contribution in [0.5, 0.6) is 0 Å². The zero-order valence-corrected chi connectivity index (χ0v) is 13.1. The van der Waals surface area contributed by atoms with Crippen LogP contribution in [0.1, 0.15) is 81.8 Å². The molecule has 1 aromatic heterocycles. The van der Waals surface area contributed by atoms with Gasteiger partial charge in [-0.15, -0.1) is 11.3 Å². The lowest BCUT2D eigenvalue weighted by Crippen LogP contribution is -2.35. The largest absolute Gasteiger partial charge is 0.319 e. The molecule has 0 atom stereocenters. The van der Waals surface area contributed by atoms with Crippen LogP contribution in [0.15, 0.2) is 5.38 Å². The van der Waals surface area contributed by atoms with Crippen LogP contribution < -0.4 is 5.73 Å². The van der Waals surface area contributed by atoms with Gasteiger partial charge in [0.1, 0.15) is 5.01 Å². The molecule has 0 aromatic carbocycles. The lowest BCUT2D eigenvalue weighted by Gasteiger charge is -2.25. The summed E-state index contributed by atoms with van der Waals surface area (Å²) in [5, 5.41) is 3.43. The number of aryl methyl sites for hydroxylation is 1. The van der Waals surface area contributed by atoms with E-state index >= 15 is 0 Å². The van der Waals surface area contributed by atoms with Crippen molar-refractivity contribution in [2.24, 2.45) is 5.73 Å². The van der Waals surface area contributed by atoms with Crippen molar-refractivity contribution < 1.29 is 0 Å². The van der Waals surface area contributed by atoms with E-state index in [1.165, 1.54) is 62.1 Å². The molecule has 1 aliphatic carbocycles. The minimum absolute atomic E-state index is 0.122. The molecule has 0 radical (unpaired) electrons. The van der Waals surface area contributed by atoms with Crippen LogP contribution in [0.25, 0.3) is 0 Å². The Labute approximate surface area is 121 Å². The summed E-state index contributed by atoms with van der Waals surface area (Å²) in [7, 11) is 0. The van der Waals surface area contributed by atoms with Gasteiger partial charge in [-0.25, -0.2) is 4.98 Å². The summed E-state index contributed by atoms with van der Waals surface area (Å²) in [6.45, 7) is 2.26. The van der Waals surface area contributed by atoms with Gasteiger partial charge >= 0.3 is 0 Å².